The molecule has 1 aromatic carbocycles. The normalized spacial score (nSPS) is 12.2. The van der Waals surface area contributed by atoms with Crippen molar-refractivity contribution in [3.63, 3.8) is 0 Å². The summed E-state index contributed by atoms with van der Waals surface area (Å²) >= 11 is 0. The van der Waals surface area contributed by atoms with E-state index in [0.717, 1.165) is 12.0 Å². The first-order valence-corrected chi connectivity index (χ1v) is 9.02. The van der Waals surface area contributed by atoms with Crippen LogP contribution in [0.5, 0.6) is 0 Å². The van der Waals surface area contributed by atoms with Gasteiger partial charge in [0, 0.05) is 25.2 Å². The zero-order valence-electron chi connectivity index (χ0n) is 15.7. The number of rotatable bonds is 7. The molecule has 0 aliphatic carbocycles. The van der Waals surface area contributed by atoms with Crippen LogP contribution in [-0.4, -0.2) is 44.9 Å². The number of nitrogens with one attached hydrogen (secondary N) is 2. The van der Waals surface area contributed by atoms with E-state index in [4.69, 9.17) is 5.11 Å². The van der Waals surface area contributed by atoms with E-state index in [0.29, 0.717) is 16.9 Å². The number of benzene rings is 1. The summed E-state index contributed by atoms with van der Waals surface area (Å²) in [5.41, 5.74) is 1.96. The van der Waals surface area contributed by atoms with Crippen LogP contribution >= 0.6 is 0 Å². The minimum Gasteiger partial charge on any atom is -0.394 e. The smallest absolute Gasteiger partial charge is 0.255 e. The molecule has 0 aliphatic heterocycles. The largest absolute Gasteiger partial charge is 0.394 e. The quantitative estimate of drug-likeness (QED) is 0.498. The van der Waals surface area contributed by atoms with Gasteiger partial charge in [-0.25, -0.2) is 9.37 Å². The number of carbonyl (C=O) groups is 1. The summed E-state index contributed by atoms with van der Waals surface area (Å²) in [5, 5.41) is 24.7. The molecule has 2 aromatic heterocycles. The zero-order valence-corrected chi connectivity index (χ0v) is 15.7. The molecule has 0 saturated carbocycles. The van der Waals surface area contributed by atoms with Crippen molar-refractivity contribution in [3.8, 4) is 0 Å². The van der Waals surface area contributed by atoms with Crippen LogP contribution in [0.25, 0.3) is 11.0 Å². The highest BCUT2D eigenvalue weighted by atomic mass is 19.1. The second-order valence-electron chi connectivity index (χ2n) is 6.50. The number of anilines is 2. The number of hydrogen-bond acceptors (Lipinski definition) is 5. The second-order valence-corrected chi connectivity index (χ2v) is 6.50. The third-order valence-electron chi connectivity index (χ3n) is 4.58. The van der Waals surface area contributed by atoms with Crippen molar-refractivity contribution in [1.29, 1.82) is 0 Å². The number of aromatic nitrogens is 2. The molecule has 28 heavy (non-hydrogen) atoms. The summed E-state index contributed by atoms with van der Waals surface area (Å²) in [6.45, 7) is 1.38. The van der Waals surface area contributed by atoms with E-state index < -0.39 is 24.4 Å². The van der Waals surface area contributed by atoms with Crippen LogP contribution in [0.4, 0.5) is 15.9 Å². The number of aryl methyl sites for hydroxylation is 2. The highest BCUT2D eigenvalue weighted by molar-refractivity contribution is 6.11. The van der Waals surface area contributed by atoms with E-state index in [-0.39, 0.29) is 17.8 Å². The monoisotopic (exact) mass is 386 g/mol. The van der Waals surface area contributed by atoms with Crippen LogP contribution in [0.1, 0.15) is 22.8 Å². The van der Waals surface area contributed by atoms with E-state index in [1.54, 1.807) is 36.0 Å². The van der Waals surface area contributed by atoms with E-state index >= 15 is 0 Å². The number of hydrogen-bond donors (Lipinski definition) is 4. The Morgan fingerprint density at radius 3 is 2.82 bits per heavy atom. The van der Waals surface area contributed by atoms with Gasteiger partial charge in [0.15, 0.2) is 0 Å². The average molecular weight is 386 g/mol. The van der Waals surface area contributed by atoms with Gasteiger partial charge in [-0.3, -0.25) is 4.79 Å². The molecule has 3 aromatic rings. The third-order valence-corrected chi connectivity index (χ3v) is 4.58. The van der Waals surface area contributed by atoms with Crippen LogP contribution in [0.2, 0.25) is 0 Å². The van der Waals surface area contributed by atoms with Crippen LogP contribution in [-0.2, 0) is 13.5 Å². The van der Waals surface area contributed by atoms with Gasteiger partial charge in [0.2, 0.25) is 0 Å². The van der Waals surface area contributed by atoms with Crippen LogP contribution in [0.15, 0.2) is 36.5 Å². The summed E-state index contributed by atoms with van der Waals surface area (Å²) < 4.78 is 16.2. The van der Waals surface area contributed by atoms with Crippen molar-refractivity contribution >= 4 is 28.4 Å². The zero-order chi connectivity index (χ0) is 20.3. The van der Waals surface area contributed by atoms with Crippen molar-refractivity contribution in [1.82, 2.24) is 14.9 Å². The molecule has 148 valence electrons. The number of pyridine rings is 1. The molecule has 0 fully saturated rings. The summed E-state index contributed by atoms with van der Waals surface area (Å²) in [5.74, 6) is -0.494. The molecule has 4 N–H and O–H groups in total. The van der Waals surface area contributed by atoms with Crippen LogP contribution in [0, 0.1) is 5.82 Å². The molecule has 0 saturated heterocycles. The SMILES string of the molecule is CCc1ccc(Nc2c(C(=O)NC[C@H](O)CO)c3cccnc3n2C)c(F)c1. The second kappa shape index (κ2) is 8.37. The van der Waals surface area contributed by atoms with Crippen molar-refractivity contribution < 1.29 is 19.4 Å². The molecule has 7 nitrogen and oxygen atoms in total. The summed E-state index contributed by atoms with van der Waals surface area (Å²) in [4.78, 5) is 17.1. The minimum atomic E-state index is -1.06. The Labute approximate surface area is 161 Å². The Hall–Kier alpha value is -2.97. The number of nitrogens with zero attached hydrogens (tertiary/aromatic N) is 2. The van der Waals surface area contributed by atoms with Crippen molar-refractivity contribution in [2.24, 2.45) is 7.05 Å². The molecule has 3 rings (SSSR count). The molecule has 1 atom stereocenters. The highest BCUT2D eigenvalue weighted by Gasteiger charge is 2.23. The number of fused-ring (bicyclic) bond motifs is 1. The first-order valence-electron chi connectivity index (χ1n) is 9.02. The first-order chi connectivity index (χ1) is 13.5. The molecule has 0 bridgehead atoms. The van der Waals surface area contributed by atoms with Gasteiger partial charge in [-0.1, -0.05) is 13.0 Å². The maximum atomic E-state index is 14.5. The lowest BCUT2D eigenvalue weighted by molar-refractivity contribution is 0.0803. The average Bonchev–Trinajstić information content (AvgIpc) is 2.99. The van der Waals surface area contributed by atoms with Gasteiger partial charge in [-0.15, -0.1) is 0 Å². The van der Waals surface area contributed by atoms with E-state index in [9.17, 15) is 14.3 Å². The third kappa shape index (κ3) is 3.83. The summed E-state index contributed by atoms with van der Waals surface area (Å²) in [6, 6.07) is 8.38. The maximum Gasteiger partial charge on any atom is 0.255 e. The Kier molecular flexibility index (Phi) is 5.91. The number of halogens is 1. The Morgan fingerprint density at radius 1 is 1.36 bits per heavy atom. The maximum absolute atomic E-state index is 14.5. The number of carbonyl (C=O) groups excluding carboxylic acids is 1. The summed E-state index contributed by atoms with van der Waals surface area (Å²) in [7, 11) is 1.73. The Morgan fingerprint density at radius 2 is 2.14 bits per heavy atom. The number of aliphatic hydroxyl groups excluding tert-OH is 2. The molecule has 8 heteroatoms. The Bertz CT molecular complexity index is 1000. The van der Waals surface area contributed by atoms with Gasteiger partial charge in [-0.2, -0.15) is 0 Å². The van der Waals surface area contributed by atoms with Gasteiger partial charge in [0.05, 0.1) is 24.0 Å². The van der Waals surface area contributed by atoms with E-state index in [1.165, 1.54) is 6.07 Å². The van der Waals surface area contributed by atoms with Gasteiger partial charge < -0.3 is 25.4 Å². The van der Waals surface area contributed by atoms with Crippen LogP contribution in [0.3, 0.4) is 0 Å². The van der Waals surface area contributed by atoms with E-state index in [2.05, 4.69) is 15.6 Å². The van der Waals surface area contributed by atoms with Crippen molar-refractivity contribution in [3.05, 3.63) is 53.5 Å². The highest BCUT2D eigenvalue weighted by Crippen LogP contribution is 2.31. The number of aliphatic hydroxyl groups is 2. The molecule has 0 unspecified atom stereocenters. The van der Waals surface area contributed by atoms with Crippen molar-refractivity contribution in [2.45, 2.75) is 19.4 Å². The van der Waals surface area contributed by atoms with Crippen LogP contribution < -0.4 is 10.6 Å². The lowest BCUT2D eigenvalue weighted by atomic mass is 10.1. The van der Waals surface area contributed by atoms with Gasteiger partial charge >= 0.3 is 0 Å². The molecular formula is C20H23FN4O3. The van der Waals surface area contributed by atoms with E-state index in [1.807, 2.05) is 13.0 Å². The molecule has 1 amide bonds. The molecular weight excluding hydrogens is 363 g/mol. The number of amides is 1. The molecule has 0 aliphatic rings. The van der Waals surface area contributed by atoms with Gasteiger partial charge in [0.1, 0.15) is 17.3 Å². The molecule has 2 heterocycles. The van der Waals surface area contributed by atoms with Gasteiger partial charge in [-0.05, 0) is 36.2 Å². The lowest BCUT2D eigenvalue weighted by Crippen LogP contribution is -2.34. The topological polar surface area (TPSA) is 99.4 Å². The predicted octanol–water partition coefficient (Wildman–Crippen LogP) is 2.10. The first kappa shape index (κ1) is 19.8. The van der Waals surface area contributed by atoms with Crippen molar-refractivity contribution in [2.75, 3.05) is 18.5 Å². The van der Waals surface area contributed by atoms with Gasteiger partial charge in [0.25, 0.3) is 5.91 Å². The molecule has 0 radical (unpaired) electrons. The fraction of sp³-hybridized carbons (Fsp3) is 0.300. The minimum absolute atomic E-state index is 0.106. The standard InChI is InChI=1S/C20H23FN4O3/c1-3-12-6-7-16(15(21)9-12)24-19-17(20(28)23-10-13(27)11-26)14-5-4-8-22-18(14)25(19)2/h4-9,13,24,26-27H,3,10-11H2,1-2H3,(H,23,28)/t13-/m0/s1. The Balaban J connectivity index is 2.03. The predicted molar refractivity (Wildman–Crippen MR) is 105 cm³/mol. The fourth-order valence-corrected chi connectivity index (χ4v) is 3.01. The summed E-state index contributed by atoms with van der Waals surface area (Å²) in [6.07, 6.45) is 1.27. The fourth-order valence-electron chi connectivity index (χ4n) is 3.01. The lowest BCUT2D eigenvalue weighted by Gasteiger charge is -2.13. The molecule has 0 spiro atoms.